The molecule has 0 unspecified atom stereocenters. The van der Waals surface area contributed by atoms with Crippen molar-refractivity contribution in [2.24, 2.45) is 5.92 Å². The molecule has 0 bridgehead atoms. The highest BCUT2D eigenvalue weighted by atomic mass is 32.2. The minimum atomic E-state index is -3.58. The molecule has 0 aliphatic carbocycles. The molecule has 1 aromatic heterocycles. The Labute approximate surface area is 178 Å². The Kier molecular flexibility index (Phi) is 7.19. The predicted molar refractivity (Wildman–Crippen MR) is 113 cm³/mol. The molecule has 30 heavy (non-hydrogen) atoms. The molecule has 0 radical (unpaired) electrons. The van der Waals surface area contributed by atoms with E-state index in [4.69, 9.17) is 5.26 Å². The molecule has 1 fully saturated rings. The van der Waals surface area contributed by atoms with Crippen molar-refractivity contribution in [3.63, 3.8) is 0 Å². The number of nitriles is 1. The number of carbonyl (C=O) groups is 1. The summed E-state index contributed by atoms with van der Waals surface area (Å²) in [7, 11) is -3.58. The van der Waals surface area contributed by atoms with E-state index in [0.29, 0.717) is 44.6 Å². The molecule has 1 saturated heterocycles. The van der Waals surface area contributed by atoms with E-state index in [-0.39, 0.29) is 16.7 Å². The van der Waals surface area contributed by atoms with Crippen LogP contribution in [0.1, 0.15) is 37.3 Å². The van der Waals surface area contributed by atoms with Crippen LogP contribution >= 0.6 is 0 Å². The van der Waals surface area contributed by atoms with Gasteiger partial charge in [-0.1, -0.05) is 19.1 Å². The first-order valence-corrected chi connectivity index (χ1v) is 11.6. The van der Waals surface area contributed by atoms with Gasteiger partial charge in [0.1, 0.15) is 4.90 Å². The molecule has 3 rings (SSSR count). The third-order valence-electron chi connectivity index (χ3n) is 5.34. The number of aromatic nitrogens is 1. The van der Waals surface area contributed by atoms with E-state index in [1.165, 1.54) is 10.5 Å². The van der Waals surface area contributed by atoms with Gasteiger partial charge >= 0.3 is 0 Å². The quantitative estimate of drug-likeness (QED) is 0.679. The summed E-state index contributed by atoms with van der Waals surface area (Å²) in [6.07, 6.45) is 4.75. The van der Waals surface area contributed by atoms with Gasteiger partial charge in [0.2, 0.25) is 15.9 Å². The molecule has 1 amide bonds. The van der Waals surface area contributed by atoms with Gasteiger partial charge in [-0.05, 0) is 49.1 Å². The van der Waals surface area contributed by atoms with Crippen molar-refractivity contribution < 1.29 is 13.2 Å². The van der Waals surface area contributed by atoms with Crippen molar-refractivity contribution >= 4 is 15.9 Å². The number of amides is 1. The molecule has 0 saturated carbocycles. The summed E-state index contributed by atoms with van der Waals surface area (Å²) >= 11 is 0. The number of sulfonamides is 1. The molecule has 158 valence electrons. The minimum absolute atomic E-state index is 0.0691. The second-order valence-corrected chi connectivity index (χ2v) is 9.37. The minimum Gasteiger partial charge on any atom is -0.338 e. The van der Waals surface area contributed by atoms with Crippen LogP contribution in [0.5, 0.6) is 0 Å². The lowest BCUT2D eigenvalue weighted by Crippen LogP contribution is -2.44. The lowest BCUT2D eigenvalue weighted by molar-refractivity contribution is -0.137. The van der Waals surface area contributed by atoms with Gasteiger partial charge in [-0.2, -0.15) is 9.57 Å². The number of benzene rings is 1. The van der Waals surface area contributed by atoms with E-state index in [9.17, 15) is 13.2 Å². The average molecular weight is 427 g/mol. The molecule has 1 aliphatic rings. The topological polar surface area (TPSA) is 94.4 Å². The van der Waals surface area contributed by atoms with E-state index < -0.39 is 10.0 Å². The molecule has 2 heterocycles. The molecule has 0 spiro atoms. The largest absolute Gasteiger partial charge is 0.338 e. The zero-order chi connectivity index (χ0) is 21.6. The monoisotopic (exact) mass is 426 g/mol. The number of pyridine rings is 1. The van der Waals surface area contributed by atoms with Crippen LogP contribution in [0.25, 0.3) is 0 Å². The van der Waals surface area contributed by atoms with Gasteiger partial charge in [0, 0.05) is 44.5 Å². The third-order valence-corrected chi connectivity index (χ3v) is 7.22. The number of rotatable bonds is 7. The van der Waals surface area contributed by atoms with Crippen molar-refractivity contribution in [2.75, 3.05) is 19.6 Å². The number of hydrogen-bond acceptors (Lipinski definition) is 5. The first kappa shape index (κ1) is 21.9. The fourth-order valence-corrected chi connectivity index (χ4v) is 5.13. The summed E-state index contributed by atoms with van der Waals surface area (Å²) in [4.78, 5) is 19.1. The van der Waals surface area contributed by atoms with Crippen molar-refractivity contribution in [3.05, 3.63) is 59.9 Å². The van der Waals surface area contributed by atoms with Crippen LogP contribution in [-0.2, 0) is 21.4 Å². The van der Waals surface area contributed by atoms with Gasteiger partial charge in [-0.3, -0.25) is 9.78 Å². The summed E-state index contributed by atoms with van der Waals surface area (Å²) in [6, 6.07) is 12.5. The molecule has 8 heteroatoms. The van der Waals surface area contributed by atoms with Crippen molar-refractivity contribution in [2.45, 2.75) is 37.6 Å². The Morgan fingerprint density at radius 2 is 1.93 bits per heavy atom. The van der Waals surface area contributed by atoms with Gasteiger partial charge in [0.05, 0.1) is 11.6 Å². The van der Waals surface area contributed by atoms with Crippen molar-refractivity contribution in [1.82, 2.24) is 14.2 Å². The molecule has 1 aliphatic heterocycles. The Bertz CT molecular complexity index is 993. The maximum atomic E-state index is 13.1. The molecule has 0 N–H and O–H groups in total. The molecule has 2 aromatic rings. The third kappa shape index (κ3) is 5.04. The summed E-state index contributed by atoms with van der Waals surface area (Å²) in [6.45, 7) is 3.82. The molecule has 0 atom stereocenters. The number of hydrogen-bond donors (Lipinski definition) is 0. The van der Waals surface area contributed by atoms with Gasteiger partial charge in [-0.15, -0.1) is 0 Å². The smallest absolute Gasteiger partial charge is 0.244 e. The van der Waals surface area contributed by atoms with E-state index in [2.05, 4.69) is 11.1 Å². The predicted octanol–water partition coefficient (Wildman–Crippen LogP) is 2.79. The summed E-state index contributed by atoms with van der Waals surface area (Å²) in [5.41, 5.74) is 1.57. The van der Waals surface area contributed by atoms with Gasteiger partial charge in [0.15, 0.2) is 0 Å². The second kappa shape index (κ2) is 9.83. The molecular weight excluding hydrogens is 400 g/mol. The standard InChI is InChI=1S/C22H26N4O3S/c1-2-12-25(17-19-7-5-18(15-23)6-8-19)22(27)20-9-13-26(14-10-20)30(28,29)21-4-3-11-24-16-21/h3-8,11,16,20H,2,9-10,12-14,17H2,1H3. The average Bonchev–Trinajstić information content (AvgIpc) is 2.79. The fraction of sp³-hybridized carbons (Fsp3) is 0.409. The molecular formula is C22H26N4O3S. The zero-order valence-corrected chi connectivity index (χ0v) is 17.9. The highest BCUT2D eigenvalue weighted by Gasteiger charge is 2.33. The van der Waals surface area contributed by atoms with E-state index in [0.717, 1.165) is 12.0 Å². The zero-order valence-electron chi connectivity index (χ0n) is 17.1. The second-order valence-electron chi connectivity index (χ2n) is 7.44. The normalized spacial score (nSPS) is 15.5. The Morgan fingerprint density at radius 3 is 2.50 bits per heavy atom. The molecule has 7 nitrogen and oxygen atoms in total. The van der Waals surface area contributed by atoms with Crippen LogP contribution < -0.4 is 0 Å². The van der Waals surface area contributed by atoms with Crippen molar-refractivity contribution in [1.29, 1.82) is 5.26 Å². The SMILES string of the molecule is CCCN(Cc1ccc(C#N)cc1)C(=O)C1CCN(S(=O)(=O)c2cccnc2)CC1. The first-order chi connectivity index (χ1) is 14.5. The first-order valence-electron chi connectivity index (χ1n) is 10.1. The highest BCUT2D eigenvalue weighted by molar-refractivity contribution is 7.89. The van der Waals surface area contributed by atoms with Crippen molar-refractivity contribution in [3.8, 4) is 6.07 Å². The van der Waals surface area contributed by atoms with E-state index in [1.54, 1.807) is 30.5 Å². The van der Waals surface area contributed by atoms with Crippen LogP contribution in [-0.4, -0.2) is 48.1 Å². The van der Waals surface area contributed by atoms with Crippen LogP contribution in [0, 0.1) is 17.2 Å². The summed E-state index contributed by atoms with van der Waals surface area (Å²) < 4.78 is 27.0. The summed E-state index contributed by atoms with van der Waals surface area (Å²) in [5, 5.41) is 8.94. The fourth-order valence-electron chi connectivity index (χ4n) is 3.69. The number of carbonyl (C=O) groups excluding carboxylic acids is 1. The van der Waals surface area contributed by atoms with Crippen LogP contribution in [0.3, 0.4) is 0 Å². The van der Waals surface area contributed by atoms with Crippen LogP contribution in [0.2, 0.25) is 0 Å². The van der Waals surface area contributed by atoms with E-state index in [1.807, 2.05) is 24.0 Å². The molecule has 1 aromatic carbocycles. The maximum absolute atomic E-state index is 13.1. The number of nitrogens with zero attached hydrogens (tertiary/aromatic N) is 4. The number of piperidine rings is 1. The van der Waals surface area contributed by atoms with Gasteiger partial charge < -0.3 is 4.90 Å². The lowest BCUT2D eigenvalue weighted by Gasteiger charge is -2.33. The Morgan fingerprint density at radius 1 is 1.23 bits per heavy atom. The Hall–Kier alpha value is -2.76. The summed E-state index contributed by atoms with van der Waals surface area (Å²) in [5.74, 6) is -0.116. The maximum Gasteiger partial charge on any atom is 0.244 e. The van der Waals surface area contributed by atoms with Gasteiger partial charge in [-0.25, -0.2) is 8.42 Å². The van der Waals surface area contributed by atoms with Crippen LogP contribution in [0.15, 0.2) is 53.7 Å². The van der Waals surface area contributed by atoms with Crippen LogP contribution in [0.4, 0.5) is 0 Å². The Balaban J connectivity index is 1.64. The van der Waals surface area contributed by atoms with Gasteiger partial charge in [0.25, 0.3) is 0 Å². The van der Waals surface area contributed by atoms with E-state index >= 15 is 0 Å². The highest BCUT2D eigenvalue weighted by Crippen LogP contribution is 2.25. The lowest BCUT2D eigenvalue weighted by atomic mass is 9.96.